The monoisotopic (exact) mass is 300 g/mol. The minimum Gasteiger partial charge on any atom is -0.242 e. The molecule has 0 aliphatic rings. The van der Waals surface area contributed by atoms with Gasteiger partial charge in [0.15, 0.2) is 0 Å². The van der Waals surface area contributed by atoms with Crippen molar-refractivity contribution in [2.75, 3.05) is 0 Å². The fourth-order valence-corrected chi connectivity index (χ4v) is 2.73. The average molecular weight is 300 g/mol. The van der Waals surface area contributed by atoms with Gasteiger partial charge in [-0.2, -0.15) is 0 Å². The lowest BCUT2D eigenvalue weighted by atomic mass is 10.1. The Balaban J connectivity index is 2.00. The molecule has 0 spiro atoms. The number of hydrogen-bond donors (Lipinski definition) is 0. The van der Waals surface area contributed by atoms with Crippen molar-refractivity contribution in [3.05, 3.63) is 64.7 Å². The Morgan fingerprint density at radius 1 is 0.857 bits per heavy atom. The molecule has 0 bridgehead atoms. The molecule has 0 amide bonds. The summed E-state index contributed by atoms with van der Waals surface area (Å²) >= 11 is 0. The second kappa shape index (κ2) is 6.36. The Morgan fingerprint density at radius 3 is 2.05 bits per heavy atom. The number of benzene rings is 2. The van der Waals surface area contributed by atoms with Gasteiger partial charge in [-0.05, 0) is 32.0 Å². The summed E-state index contributed by atoms with van der Waals surface area (Å²) in [6.07, 6.45) is 0. The van der Waals surface area contributed by atoms with Crippen LogP contribution in [-0.4, -0.2) is 22.2 Å². The lowest BCUT2D eigenvalue weighted by Gasteiger charge is -2.06. The molecular formula is C16H16O4Si. The third-order valence-electron chi connectivity index (χ3n) is 3.08. The van der Waals surface area contributed by atoms with Gasteiger partial charge in [-0.3, -0.25) is 0 Å². The van der Waals surface area contributed by atoms with Crippen LogP contribution in [0, 0.1) is 13.8 Å². The molecular weight excluding hydrogens is 284 g/mol. The molecule has 0 N–H and O–H groups in total. The summed E-state index contributed by atoms with van der Waals surface area (Å²) in [5, 5.41) is 0.909. The standard InChI is InChI=1S/C16H16O4Si/c1-10-3-6-12(7-4-10)15(17)19-20-16(18)13-8-5-11(2)9-14(13)21/h3-9H,1-2,21H3. The van der Waals surface area contributed by atoms with E-state index < -0.39 is 11.9 Å². The topological polar surface area (TPSA) is 52.6 Å². The first-order valence-corrected chi connectivity index (χ1v) is 7.54. The number of rotatable bonds is 2. The largest absolute Gasteiger partial charge is 0.386 e. The molecule has 21 heavy (non-hydrogen) atoms. The van der Waals surface area contributed by atoms with Gasteiger partial charge in [-0.15, -0.1) is 0 Å². The van der Waals surface area contributed by atoms with E-state index in [2.05, 4.69) is 9.78 Å². The van der Waals surface area contributed by atoms with Crippen LogP contribution in [-0.2, 0) is 9.78 Å². The van der Waals surface area contributed by atoms with Crippen molar-refractivity contribution >= 4 is 27.4 Å². The van der Waals surface area contributed by atoms with Gasteiger partial charge < -0.3 is 0 Å². The van der Waals surface area contributed by atoms with E-state index in [1.54, 1.807) is 30.3 Å². The number of hydrogen-bond acceptors (Lipinski definition) is 4. The van der Waals surface area contributed by atoms with Gasteiger partial charge in [0.1, 0.15) is 0 Å². The molecule has 0 saturated carbocycles. The van der Waals surface area contributed by atoms with E-state index in [-0.39, 0.29) is 0 Å². The fraction of sp³-hybridized carbons (Fsp3) is 0.125. The molecule has 108 valence electrons. The molecule has 0 aliphatic carbocycles. The summed E-state index contributed by atoms with van der Waals surface area (Å²) in [5.41, 5.74) is 2.88. The van der Waals surface area contributed by atoms with Gasteiger partial charge in [0.2, 0.25) is 0 Å². The highest BCUT2D eigenvalue weighted by Crippen LogP contribution is 2.07. The summed E-state index contributed by atoms with van der Waals surface area (Å²) in [7, 11) is 0.709. The van der Waals surface area contributed by atoms with Crippen LogP contribution in [0.3, 0.4) is 0 Å². The molecule has 0 heterocycles. The summed E-state index contributed by atoms with van der Waals surface area (Å²) < 4.78 is 0. The maximum Gasteiger partial charge on any atom is 0.386 e. The first-order valence-electron chi connectivity index (χ1n) is 6.54. The summed E-state index contributed by atoms with van der Waals surface area (Å²) in [5.74, 6) is -1.34. The predicted octanol–water partition coefficient (Wildman–Crippen LogP) is 1.22. The third-order valence-corrected chi connectivity index (χ3v) is 3.91. The van der Waals surface area contributed by atoms with Crippen molar-refractivity contribution in [2.24, 2.45) is 0 Å². The van der Waals surface area contributed by atoms with Gasteiger partial charge in [-0.25, -0.2) is 19.4 Å². The number of aryl methyl sites for hydroxylation is 2. The molecule has 0 aliphatic heterocycles. The van der Waals surface area contributed by atoms with Crippen LogP contribution in [0.4, 0.5) is 0 Å². The minimum atomic E-state index is -0.689. The fourth-order valence-electron chi connectivity index (χ4n) is 1.90. The maximum absolute atomic E-state index is 11.9. The Labute approximate surface area is 126 Å². The highest BCUT2D eigenvalue weighted by molar-refractivity contribution is 6.36. The quantitative estimate of drug-likeness (QED) is 0.475. The SMILES string of the molecule is Cc1ccc(C(=O)OOC(=O)c2ccc(C)cc2[SiH3])cc1. The zero-order chi connectivity index (χ0) is 15.4. The van der Waals surface area contributed by atoms with Crippen LogP contribution in [0.1, 0.15) is 31.8 Å². The average Bonchev–Trinajstić information content (AvgIpc) is 2.45. The zero-order valence-corrected chi connectivity index (χ0v) is 14.2. The van der Waals surface area contributed by atoms with E-state index in [0.29, 0.717) is 21.4 Å². The van der Waals surface area contributed by atoms with Crippen molar-refractivity contribution in [3.8, 4) is 0 Å². The summed E-state index contributed by atoms with van der Waals surface area (Å²) in [6, 6.07) is 12.2. The second-order valence-electron chi connectivity index (χ2n) is 4.93. The Bertz CT molecular complexity index is 677. The van der Waals surface area contributed by atoms with Crippen LogP contribution >= 0.6 is 0 Å². The van der Waals surface area contributed by atoms with E-state index in [9.17, 15) is 9.59 Å². The lowest BCUT2D eigenvalue weighted by Crippen LogP contribution is -2.20. The summed E-state index contributed by atoms with van der Waals surface area (Å²) in [4.78, 5) is 32.9. The van der Waals surface area contributed by atoms with E-state index >= 15 is 0 Å². The smallest absolute Gasteiger partial charge is 0.242 e. The van der Waals surface area contributed by atoms with Gasteiger partial charge in [0.25, 0.3) is 0 Å². The molecule has 2 aromatic carbocycles. The zero-order valence-electron chi connectivity index (χ0n) is 12.2. The van der Waals surface area contributed by atoms with Gasteiger partial charge in [0.05, 0.1) is 11.1 Å². The summed E-state index contributed by atoms with van der Waals surface area (Å²) in [6.45, 7) is 3.87. The Hall–Kier alpha value is -2.40. The number of carbonyl (C=O) groups excluding carboxylic acids is 2. The highest BCUT2D eigenvalue weighted by atomic mass is 28.1. The molecule has 2 aromatic rings. The van der Waals surface area contributed by atoms with Crippen LogP contribution in [0.25, 0.3) is 0 Å². The molecule has 0 aromatic heterocycles. The van der Waals surface area contributed by atoms with Crippen LogP contribution in [0.5, 0.6) is 0 Å². The molecule has 0 fully saturated rings. The van der Waals surface area contributed by atoms with Gasteiger partial charge in [-0.1, -0.05) is 40.6 Å². The molecule has 0 radical (unpaired) electrons. The van der Waals surface area contributed by atoms with Crippen molar-refractivity contribution < 1.29 is 19.4 Å². The van der Waals surface area contributed by atoms with Crippen molar-refractivity contribution in [3.63, 3.8) is 0 Å². The van der Waals surface area contributed by atoms with Crippen LogP contribution in [0.2, 0.25) is 0 Å². The van der Waals surface area contributed by atoms with Crippen LogP contribution in [0.15, 0.2) is 42.5 Å². The molecule has 0 unspecified atom stereocenters. The second-order valence-corrected chi connectivity index (χ2v) is 6.00. The first-order chi connectivity index (χ1) is 9.97. The predicted molar refractivity (Wildman–Crippen MR) is 82.8 cm³/mol. The first kappa shape index (κ1) is 15.0. The maximum atomic E-state index is 11.9. The van der Waals surface area contributed by atoms with Crippen molar-refractivity contribution in [1.29, 1.82) is 0 Å². The third kappa shape index (κ3) is 3.79. The lowest BCUT2D eigenvalue weighted by molar-refractivity contribution is -0.187. The minimum absolute atomic E-state index is 0.336. The molecule has 0 saturated heterocycles. The van der Waals surface area contributed by atoms with E-state index in [1.807, 2.05) is 26.0 Å². The van der Waals surface area contributed by atoms with E-state index in [1.165, 1.54) is 0 Å². The van der Waals surface area contributed by atoms with Gasteiger partial charge >= 0.3 is 11.9 Å². The Kier molecular flexibility index (Phi) is 4.54. The van der Waals surface area contributed by atoms with E-state index in [4.69, 9.17) is 0 Å². The molecule has 2 rings (SSSR count). The highest BCUT2D eigenvalue weighted by Gasteiger charge is 2.15. The molecule has 0 atom stereocenters. The van der Waals surface area contributed by atoms with Gasteiger partial charge in [0, 0.05) is 10.2 Å². The normalized spacial score (nSPS) is 10.2. The van der Waals surface area contributed by atoms with E-state index in [0.717, 1.165) is 16.3 Å². The van der Waals surface area contributed by atoms with Crippen molar-refractivity contribution in [2.45, 2.75) is 13.8 Å². The molecule has 5 heteroatoms. The molecule has 4 nitrogen and oxygen atoms in total. The van der Waals surface area contributed by atoms with Crippen molar-refractivity contribution in [1.82, 2.24) is 0 Å². The Morgan fingerprint density at radius 2 is 1.43 bits per heavy atom. The van der Waals surface area contributed by atoms with Crippen LogP contribution < -0.4 is 5.19 Å². The number of carbonyl (C=O) groups is 2.